The van der Waals surface area contributed by atoms with Gasteiger partial charge in [-0.3, -0.25) is 9.59 Å². The highest BCUT2D eigenvalue weighted by atomic mass is 16.7. The van der Waals surface area contributed by atoms with Gasteiger partial charge in [0.25, 0.3) is 0 Å². The largest absolute Gasteiger partial charge is 0.545 e. The SMILES string of the molecule is CC/C=C\C/C=C\C/C=C\C/C=C\C/C=C\C/C=C\CCCCC(=O)OC(COC(=O)CCCCCCCCCCCCCCCCCCCCCCCCCC/C=C\C/C=C\C/C=C\C/C=C\CC)COC(OCC[N+](C)(C)C)C(=O)[O-]. The van der Waals surface area contributed by atoms with E-state index in [2.05, 4.69) is 135 Å². The van der Waals surface area contributed by atoms with E-state index < -0.39 is 24.3 Å². The monoisotopic (exact) mass is 1160 g/mol. The number of carboxylic acid groups (broad SMARTS) is 1. The normalized spacial score (nSPS) is 13.5. The smallest absolute Gasteiger partial charge is 0.306 e. The fourth-order valence-electron chi connectivity index (χ4n) is 9.12. The van der Waals surface area contributed by atoms with Crippen molar-refractivity contribution in [3.05, 3.63) is 122 Å². The molecule has 0 saturated carbocycles. The first kappa shape index (κ1) is 78.7. The number of unbranched alkanes of at least 4 members (excludes halogenated alkanes) is 26. The maximum absolute atomic E-state index is 12.9. The zero-order valence-corrected chi connectivity index (χ0v) is 54.0. The lowest BCUT2D eigenvalue weighted by molar-refractivity contribution is -0.870. The van der Waals surface area contributed by atoms with Crippen LogP contribution in [-0.2, 0) is 33.3 Å². The van der Waals surface area contributed by atoms with Crippen molar-refractivity contribution in [3.63, 3.8) is 0 Å². The van der Waals surface area contributed by atoms with Crippen LogP contribution in [0.15, 0.2) is 122 Å². The van der Waals surface area contributed by atoms with Gasteiger partial charge in [0.2, 0.25) is 0 Å². The summed E-state index contributed by atoms with van der Waals surface area (Å²) < 4.78 is 22.7. The first-order valence-electron chi connectivity index (χ1n) is 33.7. The van der Waals surface area contributed by atoms with E-state index in [0.717, 1.165) is 96.3 Å². The van der Waals surface area contributed by atoms with E-state index in [1.54, 1.807) is 0 Å². The number of rotatable bonds is 61. The summed E-state index contributed by atoms with van der Waals surface area (Å²) in [4.78, 5) is 37.4. The van der Waals surface area contributed by atoms with E-state index in [0.29, 0.717) is 17.4 Å². The van der Waals surface area contributed by atoms with Gasteiger partial charge in [-0.15, -0.1) is 0 Å². The number of carbonyl (C=O) groups is 3. The van der Waals surface area contributed by atoms with E-state index >= 15 is 0 Å². The summed E-state index contributed by atoms with van der Waals surface area (Å²) in [5, 5.41) is 11.8. The van der Waals surface area contributed by atoms with Crippen LogP contribution in [-0.4, -0.2) is 82.3 Å². The number of likely N-dealkylation sites (N-methyl/N-ethyl adjacent to an activating group) is 1. The Morgan fingerprint density at radius 1 is 0.361 bits per heavy atom. The summed E-state index contributed by atoms with van der Waals surface area (Å²) in [5.41, 5.74) is 0. The molecule has 0 bridgehead atoms. The standard InChI is InChI=1S/C74H125NO8/c1-6-8-10-12-14-16-18-20-22-24-26-28-29-30-31-32-33-34-35-36-37-38-39-40-41-42-43-45-46-48-50-52-54-56-58-60-62-64-71(76)81-68-70(69-82-74(73(78)79)80-67-66-75(3,4)5)83-72(77)65-63-61-59-57-55-53-51-49-47-44-27-25-23-21-19-17-15-13-11-9-7-2/h8-11,14-17,20-23,26-28,44,49,51,55,57,70,74H,6-7,12-13,18-19,24-25,29-43,45-48,50,52-54,56,58-69H2,1-5H3/b10-8-,11-9-,16-14-,17-15-,22-20-,23-21-,28-26-,44-27-,51-49-,57-55-. The molecule has 0 saturated heterocycles. The Bertz CT molecular complexity index is 1780. The van der Waals surface area contributed by atoms with Crippen molar-refractivity contribution in [2.24, 2.45) is 0 Å². The van der Waals surface area contributed by atoms with Crippen LogP contribution in [0.1, 0.15) is 271 Å². The number of carboxylic acids is 1. The van der Waals surface area contributed by atoms with E-state index in [9.17, 15) is 19.5 Å². The van der Waals surface area contributed by atoms with Crippen molar-refractivity contribution in [3.8, 4) is 0 Å². The molecule has 0 N–H and O–H groups in total. The van der Waals surface area contributed by atoms with Gasteiger partial charge >= 0.3 is 11.9 Å². The Kier molecular flexibility index (Phi) is 60.4. The number of ether oxygens (including phenoxy) is 4. The number of hydrogen-bond donors (Lipinski definition) is 0. The van der Waals surface area contributed by atoms with Gasteiger partial charge in [-0.25, -0.2) is 0 Å². The molecule has 0 aliphatic carbocycles. The zero-order valence-electron chi connectivity index (χ0n) is 54.0. The molecule has 0 heterocycles. The Morgan fingerprint density at radius 2 is 0.651 bits per heavy atom. The summed E-state index contributed by atoms with van der Waals surface area (Å²) >= 11 is 0. The minimum Gasteiger partial charge on any atom is -0.545 e. The van der Waals surface area contributed by atoms with Crippen LogP contribution in [0.4, 0.5) is 0 Å². The number of allylic oxidation sites excluding steroid dienone is 20. The molecule has 0 amide bonds. The molecule has 0 radical (unpaired) electrons. The van der Waals surface area contributed by atoms with Gasteiger partial charge in [0.1, 0.15) is 13.2 Å². The molecule has 0 aliphatic rings. The molecule has 0 fully saturated rings. The predicted molar refractivity (Wildman–Crippen MR) is 352 cm³/mol. The lowest BCUT2D eigenvalue weighted by Crippen LogP contribution is -2.44. The number of carbonyl (C=O) groups excluding carboxylic acids is 3. The number of quaternary nitrogens is 1. The van der Waals surface area contributed by atoms with Crippen LogP contribution in [0.2, 0.25) is 0 Å². The molecule has 0 aromatic rings. The van der Waals surface area contributed by atoms with Crippen LogP contribution in [0.3, 0.4) is 0 Å². The van der Waals surface area contributed by atoms with E-state index in [-0.39, 0.29) is 38.6 Å². The molecule has 9 nitrogen and oxygen atoms in total. The van der Waals surface area contributed by atoms with E-state index in [1.807, 2.05) is 21.1 Å². The van der Waals surface area contributed by atoms with Crippen molar-refractivity contribution < 1.29 is 42.9 Å². The van der Waals surface area contributed by atoms with Crippen LogP contribution in [0.25, 0.3) is 0 Å². The number of aliphatic carboxylic acids is 1. The first-order valence-corrected chi connectivity index (χ1v) is 33.7. The summed E-state index contributed by atoms with van der Waals surface area (Å²) in [7, 11) is 5.91. The van der Waals surface area contributed by atoms with Crippen molar-refractivity contribution in [1.29, 1.82) is 0 Å². The first-order chi connectivity index (χ1) is 40.6. The van der Waals surface area contributed by atoms with Gasteiger partial charge in [0, 0.05) is 12.8 Å². The van der Waals surface area contributed by atoms with Crippen molar-refractivity contribution in [1.82, 2.24) is 0 Å². The topological polar surface area (TPSA) is 111 Å². The molecule has 0 aromatic heterocycles. The Hall–Kier alpha value is -4.31. The Balaban J connectivity index is 4.09. The van der Waals surface area contributed by atoms with E-state index in [1.165, 1.54) is 141 Å². The molecular weight excluding hydrogens is 1030 g/mol. The average Bonchev–Trinajstić information content (AvgIpc) is 3.46. The van der Waals surface area contributed by atoms with Crippen LogP contribution < -0.4 is 5.11 Å². The highest BCUT2D eigenvalue weighted by Gasteiger charge is 2.22. The van der Waals surface area contributed by atoms with Gasteiger partial charge in [0.15, 0.2) is 12.4 Å². The van der Waals surface area contributed by atoms with E-state index in [4.69, 9.17) is 18.9 Å². The second-order valence-corrected chi connectivity index (χ2v) is 23.3. The van der Waals surface area contributed by atoms with Crippen molar-refractivity contribution in [2.75, 3.05) is 47.5 Å². The molecule has 0 aromatic carbocycles. The van der Waals surface area contributed by atoms with Gasteiger partial charge < -0.3 is 33.3 Å². The van der Waals surface area contributed by atoms with Gasteiger partial charge in [-0.05, 0) is 103 Å². The van der Waals surface area contributed by atoms with Crippen molar-refractivity contribution >= 4 is 17.9 Å². The third-order valence-corrected chi connectivity index (χ3v) is 14.2. The van der Waals surface area contributed by atoms with Gasteiger partial charge in [-0.2, -0.15) is 0 Å². The van der Waals surface area contributed by atoms with Crippen LogP contribution >= 0.6 is 0 Å². The maximum atomic E-state index is 12.9. The third kappa shape index (κ3) is 65.1. The second kappa shape index (κ2) is 63.7. The second-order valence-electron chi connectivity index (χ2n) is 23.3. The lowest BCUT2D eigenvalue weighted by Gasteiger charge is -2.26. The molecule has 83 heavy (non-hydrogen) atoms. The number of nitrogens with zero attached hydrogens (tertiary/aromatic N) is 1. The highest BCUT2D eigenvalue weighted by Crippen LogP contribution is 2.17. The highest BCUT2D eigenvalue weighted by molar-refractivity contribution is 5.70. The lowest BCUT2D eigenvalue weighted by atomic mass is 10.0. The summed E-state index contributed by atoms with van der Waals surface area (Å²) in [5.74, 6) is -2.34. The molecule has 2 atom stereocenters. The Labute approximate surface area is 510 Å². The number of hydrogen-bond acceptors (Lipinski definition) is 8. The average molecular weight is 1160 g/mol. The fourth-order valence-corrected chi connectivity index (χ4v) is 9.12. The quantitative estimate of drug-likeness (QED) is 0.0195. The van der Waals surface area contributed by atoms with Gasteiger partial charge in [-0.1, -0.05) is 277 Å². The maximum Gasteiger partial charge on any atom is 0.306 e. The molecular formula is C74H125NO8. The molecule has 474 valence electrons. The molecule has 0 spiro atoms. The zero-order chi connectivity index (χ0) is 60.5. The summed E-state index contributed by atoms with van der Waals surface area (Å²) in [6.45, 7) is 4.48. The van der Waals surface area contributed by atoms with Crippen LogP contribution in [0, 0.1) is 0 Å². The fraction of sp³-hybridized carbons (Fsp3) is 0.689. The summed E-state index contributed by atoms with van der Waals surface area (Å²) in [6.07, 6.45) is 87.2. The van der Waals surface area contributed by atoms with Gasteiger partial charge in [0.05, 0.1) is 40.3 Å². The Morgan fingerprint density at radius 3 is 0.988 bits per heavy atom. The summed E-state index contributed by atoms with van der Waals surface area (Å²) in [6, 6.07) is 0. The predicted octanol–water partition coefficient (Wildman–Crippen LogP) is 19.5. The third-order valence-electron chi connectivity index (χ3n) is 14.2. The molecule has 0 aliphatic heterocycles. The van der Waals surface area contributed by atoms with Crippen molar-refractivity contribution in [2.45, 2.75) is 283 Å². The minimum absolute atomic E-state index is 0.135. The molecule has 2 unspecified atom stereocenters. The molecule has 0 rings (SSSR count). The number of esters is 2. The van der Waals surface area contributed by atoms with Crippen LogP contribution in [0.5, 0.6) is 0 Å². The molecule has 9 heteroatoms. The minimum atomic E-state index is -1.64.